The SMILES string of the molecule is CS(=O)(=O)c1c(-c2noc(CN)n2)ccc2c1OCCO2. The number of aromatic nitrogens is 2. The van der Waals surface area contributed by atoms with Crippen molar-refractivity contribution in [2.24, 2.45) is 5.73 Å². The lowest BCUT2D eigenvalue weighted by atomic mass is 10.2. The van der Waals surface area contributed by atoms with Gasteiger partial charge in [0.2, 0.25) is 11.7 Å². The van der Waals surface area contributed by atoms with Crippen molar-refractivity contribution in [1.82, 2.24) is 10.1 Å². The molecule has 0 amide bonds. The maximum atomic E-state index is 12.1. The van der Waals surface area contributed by atoms with Gasteiger partial charge in [-0.15, -0.1) is 0 Å². The standard InChI is InChI=1S/C12H13N3O5S/c1-21(16,17)11-7(12-14-9(6-13)20-15-12)2-3-8-10(11)19-5-4-18-8/h2-3H,4-6,13H2,1H3. The van der Waals surface area contributed by atoms with E-state index in [-0.39, 0.29) is 35.5 Å². The molecule has 1 aliphatic rings. The molecule has 8 nitrogen and oxygen atoms in total. The first kappa shape index (κ1) is 13.8. The van der Waals surface area contributed by atoms with E-state index in [0.29, 0.717) is 17.9 Å². The van der Waals surface area contributed by atoms with Gasteiger partial charge >= 0.3 is 0 Å². The summed E-state index contributed by atoms with van der Waals surface area (Å²) >= 11 is 0. The molecule has 0 bridgehead atoms. The fourth-order valence-corrected chi connectivity index (χ4v) is 3.14. The first-order chi connectivity index (χ1) is 10.0. The molecule has 1 aliphatic heterocycles. The van der Waals surface area contributed by atoms with E-state index >= 15 is 0 Å². The Morgan fingerprint density at radius 2 is 2.05 bits per heavy atom. The predicted octanol–water partition coefficient (Wildman–Crippen LogP) is 0.370. The van der Waals surface area contributed by atoms with Gasteiger partial charge < -0.3 is 19.7 Å². The van der Waals surface area contributed by atoms with Crippen molar-refractivity contribution >= 4 is 9.84 Å². The van der Waals surface area contributed by atoms with Crippen molar-refractivity contribution < 1.29 is 22.4 Å². The summed E-state index contributed by atoms with van der Waals surface area (Å²) in [6.07, 6.45) is 1.09. The molecule has 2 N–H and O–H groups in total. The van der Waals surface area contributed by atoms with E-state index in [1.807, 2.05) is 0 Å². The van der Waals surface area contributed by atoms with Crippen molar-refractivity contribution in [2.45, 2.75) is 11.4 Å². The number of benzene rings is 1. The van der Waals surface area contributed by atoms with Crippen molar-refractivity contribution in [3.05, 3.63) is 18.0 Å². The Bertz CT molecular complexity index is 784. The second-order valence-electron chi connectivity index (χ2n) is 4.45. The zero-order valence-corrected chi connectivity index (χ0v) is 12.0. The van der Waals surface area contributed by atoms with Crippen LogP contribution in [0.25, 0.3) is 11.4 Å². The number of hydrogen-bond donors (Lipinski definition) is 1. The third kappa shape index (κ3) is 2.45. The van der Waals surface area contributed by atoms with E-state index in [1.54, 1.807) is 12.1 Å². The number of hydrogen-bond acceptors (Lipinski definition) is 8. The molecular weight excluding hydrogens is 298 g/mol. The van der Waals surface area contributed by atoms with Gasteiger partial charge in [-0.3, -0.25) is 0 Å². The highest BCUT2D eigenvalue weighted by Gasteiger charge is 2.28. The van der Waals surface area contributed by atoms with Crippen LogP contribution in [0.4, 0.5) is 0 Å². The molecule has 1 aromatic heterocycles. The topological polar surface area (TPSA) is 118 Å². The van der Waals surface area contributed by atoms with Crippen molar-refractivity contribution in [3.8, 4) is 22.9 Å². The lowest BCUT2D eigenvalue weighted by Crippen LogP contribution is -2.18. The molecule has 112 valence electrons. The average Bonchev–Trinajstić information content (AvgIpc) is 2.93. The summed E-state index contributed by atoms with van der Waals surface area (Å²) < 4.78 is 40.0. The summed E-state index contributed by atoms with van der Waals surface area (Å²) in [5, 5.41) is 3.75. The molecule has 0 aliphatic carbocycles. The van der Waals surface area contributed by atoms with E-state index in [1.165, 1.54) is 0 Å². The minimum atomic E-state index is -3.58. The first-order valence-electron chi connectivity index (χ1n) is 6.16. The van der Waals surface area contributed by atoms with Crippen LogP contribution in [0.3, 0.4) is 0 Å². The van der Waals surface area contributed by atoms with Crippen LogP contribution in [-0.4, -0.2) is 38.0 Å². The second kappa shape index (κ2) is 5.01. The van der Waals surface area contributed by atoms with Crippen LogP contribution < -0.4 is 15.2 Å². The molecule has 0 radical (unpaired) electrons. The zero-order chi connectivity index (χ0) is 15.0. The third-order valence-corrected chi connectivity index (χ3v) is 4.06. The summed E-state index contributed by atoms with van der Waals surface area (Å²) in [6.45, 7) is 0.722. The van der Waals surface area contributed by atoms with Crippen LogP contribution in [0.15, 0.2) is 21.6 Å². The Morgan fingerprint density at radius 3 is 2.71 bits per heavy atom. The highest BCUT2D eigenvalue weighted by molar-refractivity contribution is 7.91. The number of nitrogens with two attached hydrogens (primary N) is 1. The lowest BCUT2D eigenvalue weighted by molar-refractivity contribution is 0.167. The smallest absolute Gasteiger partial charge is 0.240 e. The number of nitrogens with zero attached hydrogens (tertiary/aromatic N) is 2. The maximum absolute atomic E-state index is 12.1. The van der Waals surface area contributed by atoms with Crippen LogP contribution >= 0.6 is 0 Å². The van der Waals surface area contributed by atoms with Crippen molar-refractivity contribution in [3.63, 3.8) is 0 Å². The van der Waals surface area contributed by atoms with E-state index in [2.05, 4.69) is 10.1 Å². The quantitative estimate of drug-likeness (QED) is 0.863. The maximum Gasteiger partial charge on any atom is 0.240 e. The van der Waals surface area contributed by atoms with E-state index in [0.717, 1.165) is 6.26 Å². The Kier molecular flexibility index (Phi) is 3.30. The molecule has 2 heterocycles. The predicted molar refractivity (Wildman–Crippen MR) is 71.7 cm³/mol. The molecule has 0 saturated carbocycles. The van der Waals surface area contributed by atoms with Crippen LogP contribution in [0, 0.1) is 0 Å². The first-order valence-corrected chi connectivity index (χ1v) is 8.05. The lowest BCUT2D eigenvalue weighted by Gasteiger charge is -2.21. The van der Waals surface area contributed by atoms with Crippen molar-refractivity contribution in [1.29, 1.82) is 0 Å². The summed E-state index contributed by atoms with van der Waals surface area (Å²) in [6, 6.07) is 3.19. The fourth-order valence-electron chi connectivity index (χ4n) is 2.08. The molecular formula is C12H13N3O5S. The van der Waals surface area contributed by atoms with Gasteiger partial charge in [-0.05, 0) is 12.1 Å². The highest BCUT2D eigenvalue weighted by Crippen LogP contribution is 2.41. The number of ether oxygens (including phenoxy) is 2. The van der Waals surface area contributed by atoms with Crippen molar-refractivity contribution in [2.75, 3.05) is 19.5 Å². The molecule has 2 aromatic rings. The summed E-state index contributed by atoms with van der Waals surface area (Å²) in [5.41, 5.74) is 5.71. The third-order valence-electron chi connectivity index (χ3n) is 2.92. The molecule has 3 rings (SSSR count). The van der Waals surface area contributed by atoms with Gasteiger partial charge in [0, 0.05) is 11.8 Å². The van der Waals surface area contributed by atoms with Gasteiger partial charge in [-0.1, -0.05) is 5.16 Å². The van der Waals surface area contributed by atoms with Gasteiger partial charge in [-0.2, -0.15) is 4.98 Å². The highest BCUT2D eigenvalue weighted by atomic mass is 32.2. The largest absolute Gasteiger partial charge is 0.486 e. The molecule has 0 unspecified atom stereocenters. The Balaban J connectivity index is 2.25. The normalized spacial score (nSPS) is 14.2. The molecule has 0 spiro atoms. The van der Waals surface area contributed by atoms with Gasteiger partial charge in [0.05, 0.1) is 6.54 Å². The van der Waals surface area contributed by atoms with Crippen LogP contribution in [0.1, 0.15) is 5.89 Å². The number of fused-ring (bicyclic) bond motifs is 1. The Labute approximate surface area is 120 Å². The van der Waals surface area contributed by atoms with E-state index in [4.69, 9.17) is 19.7 Å². The monoisotopic (exact) mass is 311 g/mol. The molecule has 0 saturated heterocycles. The summed E-state index contributed by atoms with van der Waals surface area (Å²) in [4.78, 5) is 4.05. The van der Waals surface area contributed by atoms with Gasteiger partial charge in [0.25, 0.3) is 0 Å². The molecule has 1 aromatic carbocycles. The Hall–Kier alpha value is -2.13. The molecule has 0 atom stereocenters. The van der Waals surface area contributed by atoms with Gasteiger partial charge in [-0.25, -0.2) is 8.42 Å². The van der Waals surface area contributed by atoms with E-state index in [9.17, 15) is 8.42 Å². The minimum Gasteiger partial charge on any atom is -0.486 e. The number of rotatable bonds is 3. The summed E-state index contributed by atoms with van der Waals surface area (Å²) in [7, 11) is -3.58. The van der Waals surface area contributed by atoms with Gasteiger partial charge in [0.15, 0.2) is 21.3 Å². The zero-order valence-electron chi connectivity index (χ0n) is 11.2. The molecule has 0 fully saturated rings. The van der Waals surface area contributed by atoms with Crippen LogP contribution in [0.5, 0.6) is 11.5 Å². The van der Waals surface area contributed by atoms with E-state index < -0.39 is 9.84 Å². The Morgan fingerprint density at radius 1 is 1.29 bits per heavy atom. The van der Waals surface area contributed by atoms with Gasteiger partial charge in [0.1, 0.15) is 18.1 Å². The summed E-state index contributed by atoms with van der Waals surface area (Å²) in [5.74, 6) is 0.931. The van der Waals surface area contributed by atoms with Crippen LogP contribution in [0.2, 0.25) is 0 Å². The van der Waals surface area contributed by atoms with Crippen LogP contribution in [-0.2, 0) is 16.4 Å². The fraction of sp³-hybridized carbons (Fsp3) is 0.333. The average molecular weight is 311 g/mol. The number of sulfone groups is 1. The molecule has 21 heavy (non-hydrogen) atoms. The second-order valence-corrected chi connectivity index (χ2v) is 6.41. The molecule has 9 heteroatoms. The minimum absolute atomic E-state index is 0.0101.